The molecule has 2 aromatic carbocycles. The number of likely N-dealkylation sites (tertiary alicyclic amines) is 1. The first-order valence-corrected chi connectivity index (χ1v) is 7.44. The Kier molecular flexibility index (Phi) is 4.46. The van der Waals surface area contributed by atoms with Crippen LogP contribution < -0.4 is 5.32 Å². The standard InChI is InChI=1S/C18H22N2/c1-3-7-16(8-4-1)13-19-18-11-12-20(15-18)14-17-9-5-2-6-10-17/h1-10,18-19H,11-15H2. The van der Waals surface area contributed by atoms with Gasteiger partial charge >= 0.3 is 0 Å². The third kappa shape index (κ3) is 3.69. The van der Waals surface area contributed by atoms with E-state index in [-0.39, 0.29) is 0 Å². The highest BCUT2D eigenvalue weighted by atomic mass is 15.2. The van der Waals surface area contributed by atoms with Crippen molar-refractivity contribution in [2.24, 2.45) is 0 Å². The van der Waals surface area contributed by atoms with Crippen molar-refractivity contribution in [3.63, 3.8) is 0 Å². The topological polar surface area (TPSA) is 15.3 Å². The highest BCUT2D eigenvalue weighted by molar-refractivity contribution is 5.15. The molecule has 1 aliphatic rings. The molecule has 1 saturated heterocycles. The molecule has 0 aromatic heterocycles. The Bertz CT molecular complexity index is 509. The highest BCUT2D eigenvalue weighted by Gasteiger charge is 2.21. The summed E-state index contributed by atoms with van der Waals surface area (Å²) < 4.78 is 0. The van der Waals surface area contributed by atoms with E-state index in [0.29, 0.717) is 6.04 Å². The minimum atomic E-state index is 0.624. The Morgan fingerprint density at radius 2 is 1.55 bits per heavy atom. The molecule has 1 N–H and O–H groups in total. The van der Waals surface area contributed by atoms with Crippen LogP contribution in [-0.4, -0.2) is 24.0 Å². The van der Waals surface area contributed by atoms with Gasteiger partial charge in [0.15, 0.2) is 0 Å². The smallest absolute Gasteiger partial charge is 0.0234 e. The van der Waals surface area contributed by atoms with Gasteiger partial charge in [0, 0.05) is 32.2 Å². The first kappa shape index (κ1) is 13.3. The molecule has 104 valence electrons. The van der Waals surface area contributed by atoms with Gasteiger partial charge in [0.05, 0.1) is 0 Å². The van der Waals surface area contributed by atoms with E-state index < -0.39 is 0 Å². The summed E-state index contributed by atoms with van der Waals surface area (Å²) in [5.41, 5.74) is 2.78. The van der Waals surface area contributed by atoms with Gasteiger partial charge in [0.1, 0.15) is 0 Å². The van der Waals surface area contributed by atoms with Crippen molar-refractivity contribution in [3.05, 3.63) is 71.8 Å². The van der Waals surface area contributed by atoms with Gasteiger partial charge in [-0.2, -0.15) is 0 Å². The van der Waals surface area contributed by atoms with E-state index in [0.717, 1.165) is 19.6 Å². The van der Waals surface area contributed by atoms with Crippen molar-refractivity contribution in [2.75, 3.05) is 13.1 Å². The monoisotopic (exact) mass is 266 g/mol. The lowest BCUT2D eigenvalue weighted by molar-refractivity contribution is 0.320. The van der Waals surface area contributed by atoms with Crippen LogP contribution in [0, 0.1) is 0 Å². The molecular weight excluding hydrogens is 244 g/mol. The molecule has 1 heterocycles. The number of rotatable bonds is 5. The van der Waals surface area contributed by atoms with Gasteiger partial charge in [-0.25, -0.2) is 0 Å². The van der Waals surface area contributed by atoms with E-state index in [4.69, 9.17) is 0 Å². The van der Waals surface area contributed by atoms with Crippen LogP contribution in [0.5, 0.6) is 0 Å². The number of hydrogen-bond donors (Lipinski definition) is 1. The molecule has 1 fully saturated rings. The predicted octanol–water partition coefficient (Wildman–Crippen LogP) is 3.05. The molecule has 0 bridgehead atoms. The molecule has 0 aliphatic carbocycles. The lowest BCUT2D eigenvalue weighted by Gasteiger charge is -2.16. The average Bonchev–Trinajstić information content (AvgIpc) is 2.95. The molecular formula is C18H22N2. The molecule has 20 heavy (non-hydrogen) atoms. The first-order valence-electron chi connectivity index (χ1n) is 7.44. The zero-order valence-electron chi connectivity index (χ0n) is 11.8. The van der Waals surface area contributed by atoms with E-state index in [1.54, 1.807) is 0 Å². The molecule has 3 rings (SSSR count). The second-order valence-corrected chi connectivity index (χ2v) is 5.57. The maximum absolute atomic E-state index is 3.67. The van der Waals surface area contributed by atoms with Gasteiger partial charge < -0.3 is 5.32 Å². The van der Waals surface area contributed by atoms with Crippen LogP contribution in [0.15, 0.2) is 60.7 Å². The largest absolute Gasteiger partial charge is 0.309 e. The molecule has 0 spiro atoms. The van der Waals surface area contributed by atoms with Crippen LogP contribution in [0.2, 0.25) is 0 Å². The molecule has 2 aromatic rings. The second kappa shape index (κ2) is 6.69. The third-order valence-electron chi connectivity index (χ3n) is 3.96. The highest BCUT2D eigenvalue weighted by Crippen LogP contribution is 2.14. The molecule has 0 saturated carbocycles. The second-order valence-electron chi connectivity index (χ2n) is 5.57. The summed E-state index contributed by atoms with van der Waals surface area (Å²) in [6.45, 7) is 4.40. The SMILES string of the molecule is c1ccc(CNC2CCN(Cc3ccccc3)C2)cc1. The van der Waals surface area contributed by atoms with Gasteiger partial charge in [0.25, 0.3) is 0 Å². The minimum absolute atomic E-state index is 0.624. The number of nitrogens with one attached hydrogen (secondary N) is 1. The fraction of sp³-hybridized carbons (Fsp3) is 0.333. The Morgan fingerprint density at radius 1 is 0.900 bits per heavy atom. The zero-order valence-corrected chi connectivity index (χ0v) is 11.8. The van der Waals surface area contributed by atoms with E-state index in [1.807, 2.05) is 0 Å². The molecule has 0 radical (unpaired) electrons. The number of nitrogens with zero attached hydrogens (tertiary/aromatic N) is 1. The van der Waals surface area contributed by atoms with Crippen LogP contribution in [-0.2, 0) is 13.1 Å². The van der Waals surface area contributed by atoms with Crippen molar-refractivity contribution >= 4 is 0 Å². The van der Waals surface area contributed by atoms with Crippen LogP contribution >= 0.6 is 0 Å². The quantitative estimate of drug-likeness (QED) is 0.895. The summed E-state index contributed by atoms with van der Waals surface area (Å²) in [5, 5.41) is 3.67. The van der Waals surface area contributed by atoms with E-state index in [9.17, 15) is 0 Å². The van der Waals surface area contributed by atoms with Crippen LogP contribution in [0.3, 0.4) is 0 Å². The molecule has 1 unspecified atom stereocenters. The van der Waals surface area contributed by atoms with Gasteiger partial charge in [-0.05, 0) is 17.5 Å². The molecule has 1 aliphatic heterocycles. The lowest BCUT2D eigenvalue weighted by Crippen LogP contribution is -2.31. The summed E-state index contributed by atoms with van der Waals surface area (Å²) in [6, 6.07) is 22.0. The Balaban J connectivity index is 1.45. The van der Waals surface area contributed by atoms with Crippen molar-refractivity contribution in [1.82, 2.24) is 10.2 Å². The lowest BCUT2D eigenvalue weighted by atomic mass is 10.2. The molecule has 2 nitrogen and oxygen atoms in total. The van der Waals surface area contributed by atoms with Crippen molar-refractivity contribution in [2.45, 2.75) is 25.6 Å². The summed E-state index contributed by atoms with van der Waals surface area (Å²) >= 11 is 0. The maximum Gasteiger partial charge on any atom is 0.0234 e. The van der Waals surface area contributed by atoms with Crippen molar-refractivity contribution in [1.29, 1.82) is 0 Å². The molecule has 1 atom stereocenters. The Hall–Kier alpha value is -1.64. The summed E-state index contributed by atoms with van der Waals surface area (Å²) in [5.74, 6) is 0. The van der Waals surface area contributed by atoms with Crippen LogP contribution in [0.4, 0.5) is 0 Å². The van der Waals surface area contributed by atoms with Gasteiger partial charge in [-0.15, -0.1) is 0 Å². The first-order chi connectivity index (χ1) is 9.90. The van der Waals surface area contributed by atoms with Gasteiger partial charge in [-0.1, -0.05) is 60.7 Å². The minimum Gasteiger partial charge on any atom is -0.309 e. The summed E-state index contributed by atoms with van der Waals surface area (Å²) in [7, 11) is 0. The van der Waals surface area contributed by atoms with Gasteiger partial charge in [-0.3, -0.25) is 4.90 Å². The predicted molar refractivity (Wildman–Crippen MR) is 83.4 cm³/mol. The summed E-state index contributed by atoms with van der Waals surface area (Å²) in [6.07, 6.45) is 1.25. The molecule has 2 heteroatoms. The third-order valence-corrected chi connectivity index (χ3v) is 3.96. The number of hydrogen-bond acceptors (Lipinski definition) is 2. The van der Waals surface area contributed by atoms with Crippen LogP contribution in [0.1, 0.15) is 17.5 Å². The maximum atomic E-state index is 3.67. The average molecular weight is 266 g/mol. The molecule has 0 amide bonds. The zero-order chi connectivity index (χ0) is 13.6. The van der Waals surface area contributed by atoms with E-state index in [1.165, 1.54) is 24.1 Å². The normalized spacial score (nSPS) is 19.3. The van der Waals surface area contributed by atoms with Crippen molar-refractivity contribution < 1.29 is 0 Å². The Morgan fingerprint density at radius 3 is 2.25 bits per heavy atom. The van der Waals surface area contributed by atoms with Crippen LogP contribution in [0.25, 0.3) is 0 Å². The fourth-order valence-electron chi connectivity index (χ4n) is 2.84. The van der Waals surface area contributed by atoms with Gasteiger partial charge in [0.2, 0.25) is 0 Å². The summed E-state index contributed by atoms with van der Waals surface area (Å²) in [4.78, 5) is 2.54. The van der Waals surface area contributed by atoms with E-state index >= 15 is 0 Å². The van der Waals surface area contributed by atoms with E-state index in [2.05, 4.69) is 70.9 Å². The van der Waals surface area contributed by atoms with Crippen molar-refractivity contribution in [3.8, 4) is 0 Å². The number of benzene rings is 2. The Labute approximate surface area is 121 Å². The fourth-order valence-corrected chi connectivity index (χ4v) is 2.84.